The zero-order valence-corrected chi connectivity index (χ0v) is 9.41. The average Bonchev–Trinajstić information content (AvgIpc) is 2.90. The second-order valence-electron chi connectivity index (χ2n) is 5.35. The van der Waals surface area contributed by atoms with Crippen LogP contribution in [0.3, 0.4) is 0 Å². The Morgan fingerprint density at radius 3 is 2.60 bits per heavy atom. The Labute approximate surface area is 91.2 Å². The molecule has 0 radical (unpaired) electrons. The topological polar surface area (TPSA) is 49.3 Å². The zero-order chi connectivity index (χ0) is 10.8. The fourth-order valence-corrected chi connectivity index (χ4v) is 2.69. The predicted molar refractivity (Wildman–Crippen MR) is 58.7 cm³/mol. The highest BCUT2D eigenvalue weighted by atomic mass is 16.4. The number of carbonyl (C=O) groups is 1. The number of hydrogen-bond acceptors (Lipinski definition) is 2. The van der Waals surface area contributed by atoms with Crippen molar-refractivity contribution < 1.29 is 9.90 Å². The van der Waals surface area contributed by atoms with E-state index in [4.69, 9.17) is 5.11 Å². The van der Waals surface area contributed by atoms with Crippen LogP contribution in [0.5, 0.6) is 0 Å². The van der Waals surface area contributed by atoms with E-state index in [-0.39, 0.29) is 6.04 Å². The summed E-state index contributed by atoms with van der Waals surface area (Å²) in [6, 6.07) is -0.277. The normalized spacial score (nSPS) is 32.9. The van der Waals surface area contributed by atoms with Gasteiger partial charge in [0.2, 0.25) is 0 Å². The molecule has 2 aliphatic rings. The van der Waals surface area contributed by atoms with Crippen molar-refractivity contribution in [1.82, 2.24) is 5.32 Å². The summed E-state index contributed by atoms with van der Waals surface area (Å²) in [7, 11) is 0. The average molecular weight is 211 g/mol. The van der Waals surface area contributed by atoms with E-state index in [1.54, 1.807) is 0 Å². The molecule has 0 heterocycles. The molecule has 2 aliphatic carbocycles. The van der Waals surface area contributed by atoms with Gasteiger partial charge in [0.1, 0.15) is 6.04 Å². The van der Waals surface area contributed by atoms with Gasteiger partial charge in [-0.25, -0.2) is 0 Å². The summed E-state index contributed by atoms with van der Waals surface area (Å²) in [5.74, 6) is 1.28. The molecule has 0 aromatic heterocycles. The Kier molecular flexibility index (Phi) is 3.29. The van der Waals surface area contributed by atoms with Crippen molar-refractivity contribution >= 4 is 5.97 Å². The fourth-order valence-electron chi connectivity index (χ4n) is 2.69. The maximum Gasteiger partial charge on any atom is 0.320 e. The first-order valence-corrected chi connectivity index (χ1v) is 6.13. The summed E-state index contributed by atoms with van der Waals surface area (Å²) in [6.45, 7) is 3.19. The highest BCUT2D eigenvalue weighted by Crippen LogP contribution is 2.34. The Hall–Kier alpha value is -0.570. The molecule has 2 saturated carbocycles. The van der Waals surface area contributed by atoms with E-state index in [0.29, 0.717) is 11.8 Å². The second-order valence-corrected chi connectivity index (χ2v) is 5.35. The van der Waals surface area contributed by atoms with Crippen molar-refractivity contribution in [2.24, 2.45) is 17.8 Å². The van der Waals surface area contributed by atoms with E-state index in [2.05, 4.69) is 12.2 Å². The second kappa shape index (κ2) is 4.52. The predicted octanol–water partition coefficient (Wildman–Crippen LogP) is 1.88. The standard InChI is InChI=1S/C12H21NO2/c1-8-2-3-9(6-8)7-13-11(12(14)15)10-4-5-10/h8-11,13H,2-7H2,1H3,(H,14,15). The minimum Gasteiger partial charge on any atom is -0.480 e. The molecule has 3 unspecified atom stereocenters. The molecule has 0 aromatic carbocycles. The molecule has 0 aromatic rings. The summed E-state index contributed by atoms with van der Waals surface area (Å²) in [6.07, 6.45) is 6.03. The SMILES string of the molecule is CC1CCC(CNC(C(=O)O)C2CC2)C1. The summed E-state index contributed by atoms with van der Waals surface area (Å²) in [5.41, 5.74) is 0. The smallest absolute Gasteiger partial charge is 0.320 e. The van der Waals surface area contributed by atoms with Gasteiger partial charge in [-0.2, -0.15) is 0 Å². The fraction of sp³-hybridized carbons (Fsp3) is 0.917. The molecule has 0 saturated heterocycles. The van der Waals surface area contributed by atoms with Gasteiger partial charge in [0.15, 0.2) is 0 Å². The van der Waals surface area contributed by atoms with E-state index in [1.165, 1.54) is 19.3 Å². The van der Waals surface area contributed by atoms with Crippen molar-refractivity contribution in [2.75, 3.05) is 6.54 Å². The third kappa shape index (κ3) is 2.94. The maximum absolute atomic E-state index is 11.0. The molecule has 2 rings (SSSR count). The number of carboxylic acids is 1. The molecule has 0 spiro atoms. The number of nitrogens with one attached hydrogen (secondary N) is 1. The minimum atomic E-state index is -0.663. The Morgan fingerprint density at radius 2 is 2.13 bits per heavy atom. The quantitative estimate of drug-likeness (QED) is 0.730. The van der Waals surface area contributed by atoms with Crippen LogP contribution in [0.4, 0.5) is 0 Å². The van der Waals surface area contributed by atoms with Crippen LogP contribution in [0.1, 0.15) is 39.0 Å². The van der Waals surface area contributed by atoms with Crippen LogP contribution in [-0.2, 0) is 4.79 Å². The first kappa shape index (κ1) is 10.9. The molecule has 15 heavy (non-hydrogen) atoms. The van der Waals surface area contributed by atoms with Gasteiger partial charge in [0, 0.05) is 0 Å². The van der Waals surface area contributed by atoms with Crippen LogP contribution in [0.15, 0.2) is 0 Å². The largest absolute Gasteiger partial charge is 0.480 e. The van der Waals surface area contributed by atoms with Gasteiger partial charge in [-0.1, -0.05) is 13.3 Å². The molecule has 0 amide bonds. The van der Waals surface area contributed by atoms with Gasteiger partial charge >= 0.3 is 5.97 Å². The Balaban J connectivity index is 1.73. The summed E-state index contributed by atoms with van der Waals surface area (Å²) >= 11 is 0. The van der Waals surface area contributed by atoms with E-state index in [1.807, 2.05) is 0 Å². The van der Waals surface area contributed by atoms with Gasteiger partial charge in [-0.15, -0.1) is 0 Å². The van der Waals surface area contributed by atoms with E-state index in [9.17, 15) is 4.79 Å². The lowest BCUT2D eigenvalue weighted by Gasteiger charge is -2.16. The van der Waals surface area contributed by atoms with Crippen LogP contribution in [0.2, 0.25) is 0 Å². The van der Waals surface area contributed by atoms with Gasteiger partial charge in [0.25, 0.3) is 0 Å². The molecule has 3 atom stereocenters. The molecule has 3 nitrogen and oxygen atoms in total. The summed E-state index contributed by atoms with van der Waals surface area (Å²) < 4.78 is 0. The lowest BCUT2D eigenvalue weighted by molar-refractivity contribution is -0.140. The third-order valence-electron chi connectivity index (χ3n) is 3.79. The highest BCUT2D eigenvalue weighted by Gasteiger charge is 2.36. The number of aliphatic carboxylic acids is 1. The molecule has 0 aliphatic heterocycles. The Bertz CT molecular complexity index is 238. The van der Waals surface area contributed by atoms with Crippen LogP contribution in [0, 0.1) is 17.8 Å². The molecule has 2 fully saturated rings. The first-order valence-electron chi connectivity index (χ1n) is 6.13. The van der Waals surface area contributed by atoms with Crippen LogP contribution < -0.4 is 5.32 Å². The van der Waals surface area contributed by atoms with E-state index >= 15 is 0 Å². The van der Waals surface area contributed by atoms with Crippen molar-refractivity contribution in [2.45, 2.75) is 45.1 Å². The van der Waals surface area contributed by atoms with Gasteiger partial charge in [-0.3, -0.25) is 4.79 Å². The van der Waals surface area contributed by atoms with Crippen molar-refractivity contribution in [3.05, 3.63) is 0 Å². The number of carboxylic acid groups (broad SMARTS) is 1. The molecule has 86 valence electrons. The van der Waals surface area contributed by atoms with Crippen molar-refractivity contribution in [3.8, 4) is 0 Å². The number of rotatable bonds is 5. The van der Waals surface area contributed by atoms with Gasteiger partial charge < -0.3 is 10.4 Å². The molecule has 0 bridgehead atoms. The maximum atomic E-state index is 11.0. The third-order valence-corrected chi connectivity index (χ3v) is 3.79. The van der Waals surface area contributed by atoms with Crippen molar-refractivity contribution in [1.29, 1.82) is 0 Å². The number of hydrogen-bond donors (Lipinski definition) is 2. The lowest BCUT2D eigenvalue weighted by Crippen LogP contribution is -2.40. The van der Waals surface area contributed by atoms with E-state index in [0.717, 1.165) is 25.3 Å². The molecule has 2 N–H and O–H groups in total. The van der Waals surface area contributed by atoms with Gasteiger partial charge in [0.05, 0.1) is 0 Å². The van der Waals surface area contributed by atoms with Crippen LogP contribution in [0.25, 0.3) is 0 Å². The highest BCUT2D eigenvalue weighted by molar-refractivity contribution is 5.74. The first-order chi connectivity index (χ1) is 7.16. The summed E-state index contributed by atoms with van der Waals surface area (Å²) in [4.78, 5) is 11.0. The summed E-state index contributed by atoms with van der Waals surface area (Å²) in [5, 5.41) is 12.3. The van der Waals surface area contributed by atoms with E-state index < -0.39 is 5.97 Å². The molecular weight excluding hydrogens is 190 g/mol. The van der Waals surface area contributed by atoms with Crippen LogP contribution >= 0.6 is 0 Å². The minimum absolute atomic E-state index is 0.277. The van der Waals surface area contributed by atoms with Crippen molar-refractivity contribution in [3.63, 3.8) is 0 Å². The monoisotopic (exact) mass is 211 g/mol. The zero-order valence-electron chi connectivity index (χ0n) is 9.41. The van der Waals surface area contributed by atoms with Crippen LogP contribution in [-0.4, -0.2) is 23.7 Å². The molecule has 3 heteroatoms. The molecular formula is C12H21NO2. The Morgan fingerprint density at radius 1 is 1.40 bits per heavy atom. The van der Waals surface area contributed by atoms with Gasteiger partial charge in [-0.05, 0) is 50.0 Å². The lowest BCUT2D eigenvalue weighted by atomic mass is 10.1.